The van der Waals surface area contributed by atoms with Gasteiger partial charge in [0, 0.05) is 0 Å². The Balaban J connectivity index is 1.94. The summed E-state index contributed by atoms with van der Waals surface area (Å²) in [7, 11) is -2.96. The third-order valence-corrected chi connectivity index (χ3v) is 11.9. The number of rotatable bonds is 8. The Labute approximate surface area is 215 Å². The van der Waals surface area contributed by atoms with Crippen LogP contribution in [0, 0.1) is 0 Å². The van der Waals surface area contributed by atoms with Crippen LogP contribution in [0.25, 0.3) is 0 Å². The fourth-order valence-corrected chi connectivity index (χ4v) is 9.97. The van der Waals surface area contributed by atoms with Crippen LogP contribution < -0.4 is 10.4 Å². The summed E-state index contributed by atoms with van der Waals surface area (Å²) in [6, 6.07) is 30.9. The molecule has 5 nitrogen and oxygen atoms in total. The van der Waals surface area contributed by atoms with E-state index in [1.165, 1.54) is 0 Å². The maximum Gasteiger partial charge on any atom is 0.262 e. The minimum absolute atomic E-state index is 0.247. The molecule has 3 aromatic carbocycles. The fraction of sp³-hybridized carbons (Fsp3) is 0.400. The molecule has 0 spiro atoms. The molecule has 1 aliphatic rings. The maximum atomic E-state index is 10.7. The average Bonchev–Trinajstić information content (AvgIpc) is 3.20. The molecule has 2 N–H and O–H groups in total. The normalized spacial score (nSPS) is 21.8. The van der Waals surface area contributed by atoms with Crippen molar-refractivity contribution in [1.29, 1.82) is 0 Å². The summed E-state index contributed by atoms with van der Waals surface area (Å²) in [5, 5.41) is 22.6. The first-order valence-electron chi connectivity index (χ1n) is 12.6. The Morgan fingerprint density at radius 3 is 1.69 bits per heavy atom. The molecule has 0 amide bonds. The lowest BCUT2D eigenvalue weighted by Gasteiger charge is -2.46. The smallest absolute Gasteiger partial charge is 0.262 e. The van der Waals surface area contributed by atoms with Gasteiger partial charge in [-0.3, -0.25) is 0 Å². The van der Waals surface area contributed by atoms with Crippen molar-refractivity contribution >= 4 is 18.7 Å². The van der Waals surface area contributed by atoms with Gasteiger partial charge in [0.15, 0.2) is 5.79 Å². The molecule has 36 heavy (non-hydrogen) atoms. The molecule has 0 saturated carbocycles. The molecule has 1 heterocycles. The molecule has 4 atom stereocenters. The highest BCUT2D eigenvalue weighted by molar-refractivity contribution is 6.99. The van der Waals surface area contributed by atoms with Gasteiger partial charge in [-0.15, -0.1) is 0 Å². The average molecular weight is 507 g/mol. The Hall–Kier alpha value is -2.32. The summed E-state index contributed by atoms with van der Waals surface area (Å²) in [5.74, 6) is -0.937. The van der Waals surface area contributed by atoms with E-state index in [0.29, 0.717) is 0 Å². The van der Waals surface area contributed by atoms with E-state index in [1.807, 2.05) is 56.3 Å². The Kier molecular flexibility index (Phi) is 7.85. The fourth-order valence-electron chi connectivity index (χ4n) is 5.30. The van der Waals surface area contributed by atoms with E-state index in [9.17, 15) is 10.2 Å². The monoisotopic (exact) mass is 506 g/mol. The molecular formula is C30H38O5Si. The van der Waals surface area contributed by atoms with Crippen LogP contribution >= 0.6 is 0 Å². The zero-order valence-electron chi connectivity index (χ0n) is 21.8. The maximum absolute atomic E-state index is 10.7. The van der Waals surface area contributed by atoms with Gasteiger partial charge in [0.2, 0.25) is 0 Å². The van der Waals surface area contributed by atoms with E-state index in [4.69, 9.17) is 13.9 Å². The molecule has 0 radical (unpaired) electrons. The molecular weight excluding hydrogens is 468 g/mol. The second-order valence-corrected chi connectivity index (χ2v) is 15.2. The van der Waals surface area contributed by atoms with Crippen LogP contribution in [0.2, 0.25) is 5.04 Å². The predicted octanol–water partition coefficient (Wildman–Crippen LogP) is 4.18. The molecule has 4 rings (SSSR count). The number of aliphatic hydroxyl groups is 2. The van der Waals surface area contributed by atoms with Gasteiger partial charge in [0.05, 0.1) is 6.61 Å². The predicted molar refractivity (Wildman–Crippen MR) is 145 cm³/mol. The van der Waals surface area contributed by atoms with Crippen LogP contribution in [0.15, 0.2) is 91.0 Å². The van der Waals surface area contributed by atoms with Crippen molar-refractivity contribution in [2.45, 2.75) is 69.9 Å². The lowest BCUT2D eigenvalue weighted by Crippen LogP contribution is -2.67. The van der Waals surface area contributed by atoms with Crippen molar-refractivity contribution in [1.82, 2.24) is 0 Å². The van der Waals surface area contributed by atoms with Crippen LogP contribution in [0.5, 0.6) is 0 Å². The second-order valence-electron chi connectivity index (χ2n) is 10.9. The molecule has 0 aromatic heterocycles. The Morgan fingerprint density at radius 2 is 1.25 bits per heavy atom. The summed E-state index contributed by atoms with van der Waals surface area (Å²) in [4.78, 5) is 0. The van der Waals surface area contributed by atoms with E-state index in [-0.39, 0.29) is 5.04 Å². The van der Waals surface area contributed by atoms with E-state index in [1.54, 1.807) is 0 Å². The summed E-state index contributed by atoms with van der Waals surface area (Å²) in [6.45, 7) is 9.93. The van der Waals surface area contributed by atoms with Gasteiger partial charge >= 0.3 is 0 Å². The number of ether oxygens (including phenoxy) is 2. The number of benzene rings is 3. The summed E-state index contributed by atoms with van der Waals surface area (Å²) >= 11 is 0. The number of hydrogen-bond donors (Lipinski definition) is 2. The highest BCUT2D eigenvalue weighted by atomic mass is 28.4. The molecule has 1 aliphatic heterocycles. The summed E-state index contributed by atoms with van der Waals surface area (Å²) in [6.07, 6.45) is -3.05. The lowest BCUT2D eigenvalue weighted by atomic mass is 9.98. The van der Waals surface area contributed by atoms with Crippen LogP contribution in [0.1, 0.15) is 46.3 Å². The first-order valence-corrected chi connectivity index (χ1v) is 14.5. The van der Waals surface area contributed by atoms with Gasteiger partial charge in [-0.2, -0.15) is 0 Å². The topological polar surface area (TPSA) is 68.2 Å². The number of hydrogen-bond acceptors (Lipinski definition) is 5. The quantitative estimate of drug-likeness (QED) is 0.449. The SMILES string of the molecule is CC1(C)O[C@H]([C@H](O)CO)[C@@H]([C@H](O[Si](c2ccccc2)(c2ccccc2)C(C)(C)C)c2ccccc2)O1. The minimum atomic E-state index is -2.96. The van der Waals surface area contributed by atoms with Crippen LogP contribution in [0.4, 0.5) is 0 Å². The van der Waals surface area contributed by atoms with E-state index >= 15 is 0 Å². The van der Waals surface area contributed by atoms with Gasteiger partial charge in [-0.05, 0) is 34.8 Å². The molecule has 1 fully saturated rings. The third kappa shape index (κ3) is 5.21. The zero-order chi connectivity index (χ0) is 26.0. The van der Waals surface area contributed by atoms with Crippen LogP contribution in [-0.2, 0) is 13.9 Å². The van der Waals surface area contributed by atoms with Gasteiger partial charge in [0.1, 0.15) is 24.4 Å². The van der Waals surface area contributed by atoms with Crippen molar-refractivity contribution in [2.24, 2.45) is 0 Å². The highest BCUT2D eigenvalue weighted by Crippen LogP contribution is 2.44. The summed E-state index contributed by atoms with van der Waals surface area (Å²) in [5.41, 5.74) is 0.937. The van der Waals surface area contributed by atoms with Crippen molar-refractivity contribution in [2.75, 3.05) is 6.61 Å². The Morgan fingerprint density at radius 1 is 0.806 bits per heavy atom. The minimum Gasteiger partial charge on any atom is -0.398 e. The molecule has 3 aromatic rings. The first-order chi connectivity index (χ1) is 17.1. The van der Waals surface area contributed by atoms with Crippen molar-refractivity contribution in [3.05, 3.63) is 96.6 Å². The molecule has 192 valence electrons. The number of aliphatic hydroxyl groups excluding tert-OH is 2. The van der Waals surface area contributed by atoms with Crippen LogP contribution in [-0.4, -0.2) is 49.2 Å². The van der Waals surface area contributed by atoms with Gasteiger partial charge in [0.25, 0.3) is 8.32 Å². The second kappa shape index (κ2) is 10.6. The first kappa shape index (κ1) is 26.7. The standard InChI is InChI=1S/C30H38O5Si/c1-29(2,3)36(23-17-11-7-12-18-23,24-19-13-8-14-20-24)35-26(22-15-9-6-10-16-22)28-27(25(32)21-31)33-30(4,5)34-28/h6-20,25-28,31-32H,21H2,1-5H3/t25-,26-,27-,28-/m1/s1. The van der Waals surface area contributed by atoms with Gasteiger partial charge < -0.3 is 24.1 Å². The third-order valence-electron chi connectivity index (χ3n) is 6.88. The van der Waals surface area contributed by atoms with Crippen molar-refractivity contribution in [3.63, 3.8) is 0 Å². The highest BCUT2D eigenvalue weighted by Gasteiger charge is 2.56. The molecule has 0 unspecified atom stereocenters. The molecule has 0 aliphatic carbocycles. The van der Waals surface area contributed by atoms with E-state index in [2.05, 4.69) is 69.3 Å². The lowest BCUT2D eigenvalue weighted by molar-refractivity contribution is -0.161. The zero-order valence-corrected chi connectivity index (χ0v) is 22.8. The molecule has 1 saturated heterocycles. The molecule has 6 heteroatoms. The van der Waals surface area contributed by atoms with Crippen molar-refractivity contribution in [3.8, 4) is 0 Å². The Bertz CT molecular complexity index is 1060. The van der Waals surface area contributed by atoms with E-state index < -0.39 is 45.1 Å². The van der Waals surface area contributed by atoms with Gasteiger partial charge in [-0.1, -0.05) is 112 Å². The summed E-state index contributed by atoms with van der Waals surface area (Å²) < 4.78 is 20.1. The van der Waals surface area contributed by atoms with E-state index in [0.717, 1.165) is 15.9 Å². The largest absolute Gasteiger partial charge is 0.398 e. The van der Waals surface area contributed by atoms with Crippen LogP contribution in [0.3, 0.4) is 0 Å². The molecule has 0 bridgehead atoms. The van der Waals surface area contributed by atoms with Gasteiger partial charge in [-0.25, -0.2) is 0 Å². The van der Waals surface area contributed by atoms with Crippen molar-refractivity contribution < 1.29 is 24.1 Å².